The maximum atomic E-state index is 11.7. The van der Waals surface area contributed by atoms with Crippen molar-refractivity contribution in [1.29, 1.82) is 5.26 Å². The summed E-state index contributed by atoms with van der Waals surface area (Å²) in [4.78, 5) is 11.7. The highest BCUT2D eigenvalue weighted by atomic mass is 16.1. The van der Waals surface area contributed by atoms with Gasteiger partial charge in [0.15, 0.2) is 0 Å². The zero-order valence-corrected chi connectivity index (χ0v) is 9.42. The summed E-state index contributed by atoms with van der Waals surface area (Å²) in [5.74, 6) is 0. The molecule has 84 valence electrons. The van der Waals surface area contributed by atoms with Crippen LogP contribution >= 0.6 is 0 Å². The van der Waals surface area contributed by atoms with Crippen molar-refractivity contribution >= 4 is 0 Å². The summed E-state index contributed by atoms with van der Waals surface area (Å²) in [6.45, 7) is 2.28. The van der Waals surface area contributed by atoms with Crippen LogP contribution in [0.5, 0.6) is 0 Å². The number of benzene rings is 1. The van der Waals surface area contributed by atoms with Crippen molar-refractivity contribution in [3.63, 3.8) is 0 Å². The van der Waals surface area contributed by atoms with Crippen LogP contribution in [0.4, 0.5) is 0 Å². The highest BCUT2D eigenvalue weighted by Gasteiger charge is 2.07. The van der Waals surface area contributed by atoms with Crippen molar-refractivity contribution in [2.75, 3.05) is 0 Å². The number of rotatable bonds is 2. The molecule has 1 heterocycles. The van der Waals surface area contributed by atoms with Crippen molar-refractivity contribution in [1.82, 2.24) is 9.78 Å². The predicted molar refractivity (Wildman–Crippen MR) is 64.3 cm³/mol. The smallest absolute Gasteiger partial charge is 0.266 e. The van der Waals surface area contributed by atoms with Crippen LogP contribution in [0.2, 0.25) is 0 Å². The molecule has 4 nitrogen and oxygen atoms in total. The molecule has 17 heavy (non-hydrogen) atoms. The van der Waals surface area contributed by atoms with Crippen LogP contribution in [0.1, 0.15) is 12.5 Å². The molecule has 1 aromatic carbocycles. The summed E-state index contributed by atoms with van der Waals surface area (Å²) >= 11 is 0. The molecule has 0 aliphatic rings. The van der Waals surface area contributed by atoms with Gasteiger partial charge >= 0.3 is 0 Å². The Balaban J connectivity index is 2.66. The standard InChI is InChI=1S/C13H11N3O/c1-2-16-13(17)11(9-14)8-12(15-16)10-6-4-3-5-7-10/h3-8H,2H2,1H3. The van der Waals surface area contributed by atoms with Gasteiger partial charge < -0.3 is 0 Å². The maximum Gasteiger partial charge on any atom is 0.284 e. The van der Waals surface area contributed by atoms with Crippen LogP contribution in [-0.2, 0) is 6.54 Å². The number of hydrogen-bond acceptors (Lipinski definition) is 3. The molecule has 0 radical (unpaired) electrons. The molecular formula is C13H11N3O. The van der Waals surface area contributed by atoms with Gasteiger partial charge in [0.25, 0.3) is 5.56 Å². The zero-order chi connectivity index (χ0) is 12.3. The van der Waals surface area contributed by atoms with Gasteiger partial charge in [-0.3, -0.25) is 4.79 Å². The number of hydrogen-bond donors (Lipinski definition) is 0. The molecule has 2 rings (SSSR count). The van der Waals surface area contributed by atoms with Gasteiger partial charge in [-0.2, -0.15) is 10.4 Å². The molecule has 0 amide bonds. The highest BCUT2D eigenvalue weighted by Crippen LogP contribution is 2.15. The molecule has 1 aromatic heterocycles. The van der Waals surface area contributed by atoms with Crippen LogP contribution in [-0.4, -0.2) is 9.78 Å². The fourth-order valence-electron chi connectivity index (χ4n) is 1.59. The van der Waals surface area contributed by atoms with Gasteiger partial charge in [-0.25, -0.2) is 4.68 Å². The molecule has 2 aromatic rings. The van der Waals surface area contributed by atoms with Crippen molar-refractivity contribution in [3.05, 3.63) is 52.3 Å². The minimum absolute atomic E-state index is 0.126. The minimum atomic E-state index is -0.338. The lowest BCUT2D eigenvalue weighted by atomic mass is 10.1. The third kappa shape index (κ3) is 2.08. The Bertz CT molecular complexity index is 623. The zero-order valence-electron chi connectivity index (χ0n) is 9.42. The fourth-order valence-corrected chi connectivity index (χ4v) is 1.59. The molecule has 0 unspecified atom stereocenters. The first-order valence-corrected chi connectivity index (χ1v) is 5.34. The summed E-state index contributed by atoms with van der Waals surface area (Å²) in [6.07, 6.45) is 0. The molecule has 0 bridgehead atoms. The monoisotopic (exact) mass is 225 g/mol. The average Bonchev–Trinajstić information content (AvgIpc) is 2.40. The normalized spacial score (nSPS) is 9.88. The van der Waals surface area contributed by atoms with Crippen molar-refractivity contribution in [3.8, 4) is 17.3 Å². The van der Waals surface area contributed by atoms with Crippen LogP contribution in [0.3, 0.4) is 0 Å². The van der Waals surface area contributed by atoms with E-state index in [1.807, 2.05) is 43.3 Å². The molecule has 0 N–H and O–H groups in total. The van der Waals surface area contributed by atoms with Crippen LogP contribution in [0.25, 0.3) is 11.3 Å². The van der Waals surface area contributed by atoms with E-state index in [1.54, 1.807) is 0 Å². The van der Waals surface area contributed by atoms with E-state index >= 15 is 0 Å². The Kier molecular flexibility index (Phi) is 3.01. The van der Waals surface area contributed by atoms with E-state index in [-0.39, 0.29) is 11.1 Å². The summed E-state index contributed by atoms with van der Waals surface area (Å²) in [5.41, 5.74) is 1.32. The number of nitriles is 1. The van der Waals surface area contributed by atoms with Gasteiger partial charge in [0.2, 0.25) is 0 Å². The third-order valence-corrected chi connectivity index (χ3v) is 2.46. The molecule has 0 aliphatic heterocycles. The van der Waals surface area contributed by atoms with E-state index in [2.05, 4.69) is 5.10 Å². The van der Waals surface area contributed by atoms with Gasteiger partial charge in [-0.15, -0.1) is 0 Å². The second-order valence-corrected chi connectivity index (χ2v) is 3.54. The Hall–Kier alpha value is -2.41. The molecule has 0 aliphatic carbocycles. The van der Waals surface area contributed by atoms with Crippen molar-refractivity contribution in [2.45, 2.75) is 13.5 Å². The lowest BCUT2D eigenvalue weighted by molar-refractivity contribution is 0.617. The maximum absolute atomic E-state index is 11.7. The fraction of sp³-hybridized carbons (Fsp3) is 0.154. The van der Waals surface area contributed by atoms with Gasteiger partial charge in [-0.05, 0) is 13.0 Å². The third-order valence-electron chi connectivity index (χ3n) is 2.46. The molecular weight excluding hydrogens is 214 g/mol. The Morgan fingerprint density at radius 1 is 1.35 bits per heavy atom. The molecule has 0 spiro atoms. The van der Waals surface area contributed by atoms with Gasteiger partial charge in [0.05, 0.1) is 5.69 Å². The Labute approximate surface area is 98.8 Å². The largest absolute Gasteiger partial charge is 0.284 e. The second kappa shape index (κ2) is 4.62. The SMILES string of the molecule is CCn1nc(-c2ccccc2)cc(C#N)c1=O. The van der Waals surface area contributed by atoms with E-state index in [0.29, 0.717) is 12.2 Å². The molecule has 4 heteroatoms. The van der Waals surface area contributed by atoms with Gasteiger partial charge in [0, 0.05) is 12.1 Å². The number of aryl methyl sites for hydroxylation is 1. The van der Waals surface area contributed by atoms with Crippen molar-refractivity contribution < 1.29 is 0 Å². The summed E-state index contributed by atoms with van der Waals surface area (Å²) in [5, 5.41) is 13.1. The van der Waals surface area contributed by atoms with E-state index in [4.69, 9.17) is 5.26 Å². The predicted octanol–water partition coefficient (Wildman–Crippen LogP) is 1.80. The highest BCUT2D eigenvalue weighted by molar-refractivity contribution is 5.59. The molecule has 0 saturated carbocycles. The molecule has 0 fully saturated rings. The summed E-state index contributed by atoms with van der Waals surface area (Å²) in [7, 11) is 0. The number of aromatic nitrogens is 2. The van der Waals surface area contributed by atoms with Crippen LogP contribution in [0.15, 0.2) is 41.2 Å². The van der Waals surface area contributed by atoms with Crippen molar-refractivity contribution in [2.24, 2.45) is 0 Å². The first-order chi connectivity index (χ1) is 8.26. The van der Waals surface area contributed by atoms with E-state index in [1.165, 1.54) is 10.7 Å². The minimum Gasteiger partial charge on any atom is -0.266 e. The quantitative estimate of drug-likeness (QED) is 0.783. The Morgan fingerprint density at radius 3 is 2.65 bits per heavy atom. The lowest BCUT2D eigenvalue weighted by Gasteiger charge is -2.05. The average molecular weight is 225 g/mol. The van der Waals surface area contributed by atoms with E-state index < -0.39 is 0 Å². The molecule has 0 atom stereocenters. The number of nitrogens with zero attached hydrogens (tertiary/aromatic N) is 3. The van der Waals surface area contributed by atoms with Crippen LogP contribution < -0.4 is 5.56 Å². The summed E-state index contributed by atoms with van der Waals surface area (Å²) < 4.78 is 1.31. The van der Waals surface area contributed by atoms with Gasteiger partial charge in [-0.1, -0.05) is 30.3 Å². The topological polar surface area (TPSA) is 58.7 Å². The van der Waals surface area contributed by atoms with E-state index in [9.17, 15) is 4.79 Å². The lowest BCUT2D eigenvalue weighted by Crippen LogP contribution is -2.24. The summed E-state index contributed by atoms with van der Waals surface area (Å²) in [6, 6.07) is 12.9. The van der Waals surface area contributed by atoms with Crippen LogP contribution in [0, 0.1) is 11.3 Å². The second-order valence-electron chi connectivity index (χ2n) is 3.54. The molecule has 0 saturated heterocycles. The first kappa shape index (κ1) is 11.1. The van der Waals surface area contributed by atoms with Gasteiger partial charge in [0.1, 0.15) is 11.6 Å². The Morgan fingerprint density at radius 2 is 2.06 bits per heavy atom. The van der Waals surface area contributed by atoms with E-state index in [0.717, 1.165) is 5.56 Å². The first-order valence-electron chi connectivity index (χ1n) is 5.34.